The summed E-state index contributed by atoms with van der Waals surface area (Å²) in [6, 6.07) is 6.26. The van der Waals surface area contributed by atoms with Crippen LogP contribution < -0.4 is 5.32 Å². The molecule has 0 aliphatic heterocycles. The molecular weight excluding hydrogens is 265 g/mol. The van der Waals surface area contributed by atoms with Crippen molar-refractivity contribution >= 4 is 23.2 Å². The van der Waals surface area contributed by atoms with E-state index in [-0.39, 0.29) is 0 Å². The zero-order chi connectivity index (χ0) is 13.5. The first-order chi connectivity index (χ1) is 8.52. The Kier molecular flexibility index (Phi) is 6.77. The average Bonchev–Trinajstić information content (AvgIpc) is 2.30. The van der Waals surface area contributed by atoms with Gasteiger partial charge in [-0.2, -0.15) is 0 Å². The molecule has 1 atom stereocenters. The Morgan fingerprint density at radius 2 is 2.06 bits per heavy atom. The molecule has 0 saturated carbocycles. The van der Waals surface area contributed by atoms with Gasteiger partial charge in [0.15, 0.2) is 0 Å². The van der Waals surface area contributed by atoms with E-state index in [1.165, 1.54) is 11.1 Å². The Hall–Kier alpha value is -0.500. The summed E-state index contributed by atoms with van der Waals surface area (Å²) >= 11 is 12.0. The summed E-state index contributed by atoms with van der Waals surface area (Å²) in [5, 5.41) is 4.78. The molecule has 3 heteroatoms. The first-order valence-corrected chi connectivity index (χ1v) is 7.10. The fourth-order valence-electron chi connectivity index (χ4n) is 1.94. The SMILES string of the molecule is C=C(C)CC(Cc1ccc(Cl)c(Cl)c1)NCCC. The fourth-order valence-corrected chi connectivity index (χ4v) is 2.26. The van der Waals surface area contributed by atoms with Crippen molar-refractivity contribution in [3.8, 4) is 0 Å². The number of hydrogen-bond donors (Lipinski definition) is 1. The predicted molar refractivity (Wildman–Crippen MR) is 81.7 cm³/mol. The Morgan fingerprint density at radius 3 is 2.61 bits per heavy atom. The van der Waals surface area contributed by atoms with Crippen LogP contribution in [0.15, 0.2) is 30.4 Å². The van der Waals surface area contributed by atoms with E-state index in [4.69, 9.17) is 23.2 Å². The molecule has 18 heavy (non-hydrogen) atoms. The Balaban J connectivity index is 2.68. The summed E-state index contributed by atoms with van der Waals surface area (Å²) in [4.78, 5) is 0. The maximum atomic E-state index is 6.04. The first kappa shape index (κ1) is 15.6. The minimum absolute atomic E-state index is 0.416. The van der Waals surface area contributed by atoms with Crippen LogP contribution in [0.3, 0.4) is 0 Å². The highest BCUT2D eigenvalue weighted by atomic mass is 35.5. The number of nitrogens with one attached hydrogen (secondary N) is 1. The molecule has 0 aromatic heterocycles. The highest BCUT2D eigenvalue weighted by Crippen LogP contribution is 2.23. The van der Waals surface area contributed by atoms with Gasteiger partial charge in [-0.1, -0.05) is 41.8 Å². The van der Waals surface area contributed by atoms with Gasteiger partial charge in [-0.15, -0.1) is 6.58 Å². The standard InChI is InChI=1S/C15H21Cl2N/c1-4-7-18-13(8-11(2)3)9-12-5-6-14(16)15(17)10-12/h5-6,10,13,18H,2,4,7-9H2,1,3H3. The minimum atomic E-state index is 0.416. The second kappa shape index (κ2) is 7.83. The Labute approximate surface area is 120 Å². The van der Waals surface area contributed by atoms with Crippen LogP contribution in [-0.4, -0.2) is 12.6 Å². The molecule has 0 aliphatic rings. The van der Waals surface area contributed by atoms with Gasteiger partial charge in [-0.3, -0.25) is 0 Å². The molecule has 1 unspecified atom stereocenters. The summed E-state index contributed by atoms with van der Waals surface area (Å²) in [7, 11) is 0. The molecule has 0 saturated heterocycles. The van der Waals surface area contributed by atoms with E-state index in [9.17, 15) is 0 Å². The largest absolute Gasteiger partial charge is 0.313 e. The molecular formula is C15H21Cl2N. The monoisotopic (exact) mass is 285 g/mol. The van der Waals surface area contributed by atoms with Crippen molar-refractivity contribution in [1.29, 1.82) is 0 Å². The molecule has 100 valence electrons. The highest BCUT2D eigenvalue weighted by Gasteiger charge is 2.10. The molecule has 0 aliphatic carbocycles. The smallest absolute Gasteiger partial charge is 0.0595 e. The average molecular weight is 286 g/mol. The van der Waals surface area contributed by atoms with Crippen molar-refractivity contribution in [2.75, 3.05) is 6.54 Å². The van der Waals surface area contributed by atoms with Gasteiger partial charge in [0.1, 0.15) is 0 Å². The third kappa shape index (κ3) is 5.43. The fraction of sp³-hybridized carbons (Fsp3) is 0.467. The second-order valence-corrected chi connectivity index (χ2v) is 5.58. The van der Waals surface area contributed by atoms with Crippen LogP contribution in [0.2, 0.25) is 10.0 Å². The van der Waals surface area contributed by atoms with E-state index in [1.54, 1.807) is 0 Å². The van der Waals surface area contributed by atoms with E-state index >= 15 is 0 Å². The van der Waals surface area contributed by atoms with E-state index in [1.807, 2.05) is 18.2 Å². The van der Waals surface area contributed by atoms with Gasteiger partial charge >= 0.3 is 0 Å². The van der Waals surface area contributed by atoms with Gasteiger partial charge in [0.25, 0.3) is 0 Å². The van der Waals surface area contributed by atoms with Crippen molar-refractivity contribution < 1.29 is 0 Å². The molecule has 0 heterocycles. The lowest BCUT2D eigenvalue weighted by molar-refractivity contribution is 0.503. The van der Waals surface area contributed by atoms with E-state index in [0.29, 0.717) is 16.1 Å². The molecule has 0 radical (unpaired) electrons. The van der Waals surface area contributed by atoms with Crippen molar-refractivity contribution in [2.24, 2.45) is 0 Å². The number of benzene rings is 1. The normalized spacial score (nSPS) is 12.4. The molecule has 0 bridgehead atoms. The van der Waals surface area contributed by atoms with Crippen molar-refractivity contribution in [1.82, 2.24) is 5.32 Å². The first-order valence-electron chi connectivity index (χ1n) is 6.34. The van der Waals surface area contributed by atoms with Gasteiger partial charge in [-0.05, 0) is 50.4 Å². The number of halogens is 2. The lowest BCUT2D eigenvalue weighted by Crippen LogP contribution is -2.32. The molecule has 1 aromatic carbocycles. The van der Waals surface area contributed by atoms with Crippen LogP contribution in [0.4, 0.5) is 0 Å². The van der Waals surface area contributed by atoms with Crippen LogP contribution in [0.25, 0.3) is 0 Å². The van der Waals surface area contributed by atoms with Gasteiger partial charge in [0.2, 0.25) is 0 Å². The van der Waals surface area contributed by atoms with Crippen LogP contribution in [-0.2, 0) is 6.42 Å². The minimum Gasteiger partial charge on any atom is -0.313 e. The quantitative estimate of drug-likeness (QED) is 0.705. The highest BCUT2D eigenvalue weighted by molar-refractivity contribution is 6.42. The summed E-state index contributed by atoms with van der Waals surface area (Å²) in [6.07, 6.45) is 3.07. The van der Waals surface area contributed by atoms with Gasteiger partial charge in [-0.25, -0.2) is 0 Å². The molecule has 1 N–H and O–H groups in total. The van der Waals surface area contributed by atoms with Crippen LogP contribution in [0, 0.1) is 0 Å². The third-order valence-electron chi connectivity index (χ3n) is 2.74. The zero-order valence-electron chi connectivity index (χ0n) is 11.1. The van der Waals surface area contributed by atoms with Gasteiger partial charge in [0.05, 0.1) is 10.0 Å². The molecule has 1 aromatic rings. The maximum Gasteiger partial charge on any atom is 0.0595 e. The topological polar surface area (TPSA) is 12.0 Å². The Bertz CT molecular complexity index is 401. The summed E-state index contributed by atoms with van der Waals surface area (Å²) in [5.74, 6) is 0. The van der Waals surface area contributed by atoms with E-state index in [0.717, 1.165) is 25.8 Å². The predicted octanol–water partition coefficient (Wildman–Crippen LogP) is 4.87. The lowest BCUT2D eigenvalue weighted by atomic mass is 10.00. The van der Waals surface area contributed by atoms with Crippen LogP contribution >= 0.6 is 23.2 Å². The van der Waals surface area contributed by atoms with Crippen molar-refractivity contribution in [2.45, 2.75) is 39.2 Å². The molecule has 1 rings (SSSR count). The summed E-state index contributed by atoms with van der Waals surface area (Å²) in [6.45, 7) is 9.25. The van der Waals surface area contributed by atoms with E-state index in [2.05, 4.69) is 25.7 Å². The molecule has 1 nitrogen and oxygen atoms in total. The van der Waals surface area contributed by atoms with Crippen LogP contribution in [0.1, 0.15) is 32.3 Å². The molecule has 0 spiro atoms. The van der Waals surface area contributed by atoms with Gasteiger partial charge in [0, 0.05) is 6.04 Å². The zero-order valence-corrected chi connectivity index (χ0v) is 12.6. The number of hydrogen-bond acceptors (Lipinski definition) is 1. The lowest BCUT2D eigenvalue weighted by Gasteiger charge is -2.19. The summed E-state index contributed by atoms with van der Waals surface area (Å²) in [5.41, 5.74) is 2.41. The second-order valence-electron chi connectivity index (χ2n) is 4.76. The molecule has 0 fully saturated rings. The van der Waals surface area contributed by atoms with Crippen LogP contribution in [0.5, 0.6) is 0 Å². The summed E-state index contributed by atoms with van der Waals surface area (Å²) < 4.78 is 0. The van der Waals surface area contributed by atoms with Crippen molar-refractivity contribution in [3.05, 3.63) is 46.0 Å². The number of rotatable bonds is 7. The third-order valence-corrected chi connectivity index (χ3v) is 3.48. The van der Waals surface area contributed by atoms with Crippen molar-refractivity contribution in [3.63, 3.8) is 0 Å². The van der Waals surface area contributed by atoms with Gasteiger partial charge < -0.3 is 5.32 Å². The molecule has 0 amide bonds. The maximum absolute atomic E-state index is 6.04. The van der Waals surface area contributed by atoms with E-state index < -0.39 is 0 Å². The Morgan fingerprint density at radius 1 is 1.33 bits per heavy atom.